The molecule has 0 saturated carbocycles. The molecule has 0 aliphatic carbocycles. The number of nitrogens with zero attached hydrogens (tertiary/aromatic N) is 3. The van der Waals surface area contributed by atoms with Crippen LogP contribution < -0.4 is 5.32 Å². The van der Waals surface area contributed by atoms with E-state index in [1.54, 1.807) is 0 Å². The molecule has 1 rings (SSSR count). The Morgan fingerprint density at radius 1 is 1.37 bits per heavy atom. The fourth-order valence-corrected chi connectivity index (χ4v) is 1.81. The van der Waals surface area contributed by atoms with Gasteiger partial charge in [0, 0.05) is 6.04 Å². The summed E-state index contributed by atoms with van der Waals surface area (Å²) in [6.07, 6.45) is 0. The monoisotopic (exact) mass is 286 g/mol. The smallest absolute Gasteiger partial charge is 0.277 e. The second-order valence-electron chi connectivity index (χ2n) is 5.09. The van der Waals surface area contributed by atoms with Gasteiger partial charge in [-0.25, -0.2) is 0 Å². The van der Waals surface area contributed by atoms with Crippen molar-refractivity contribution < 1.29 is 9.21 Å². The molecule has 0 fully saturated rings. The van der Waals surface area contributed by atoms with Crippen LogP contribution in [0.2, 0.25) is 0 Å². The van der Waals surface area contributed by atoms with E-state index in [0.29, 0.717) is 29.3 Å². The summed E-state index contributed by atoms with van der Waals surface area (Å²) in [7, 11) is 3.86. The number of amides is 1. The highest BCUT2D eigenvalue weighted by Gasteiger charge is 2.13. The zero-order chi connectivity index (χ0) is 14.4. The first-order valence-electron chi connectivity index (χ1n) is 6.27. The van der Waals surface area contributed by atoms with Gasteiger partial charge >= 0.3 is 0 Å². The summed E-state index contributed by atoms with van der Waals surface area (Å²) in [5.41, 5.74) is 0. The van der Waals surface area contributed by atoms with Crippen molar-refractivity contribution in [2.45, 2.75) is 38.6 Å². The zero-order valence-electron chi connectivity index (χ0n) is 12.1. The van der Waals surface area contributed by atoms with E-state index >= 15 is 0 Å². The minimum absolute atomic E-state index is 0.0152. The number of nitrogens with one attached hydrogen (secondary N) is 1. The molecule has 7 heteroatoms. The predicted molar refractivity (Wildman–Crippen MR) is 74.9 cm³/mol. The highest BCUT2D eigenvalue weighted by molar-refractivity contribution is 7.99. The third-order valence-corrected chi connectivity index (χ3v) is 3.43. The van der Waals surface area contributed by atoms with Crippen molar-refractivity contribution in [3.63, 3.8) is 0 Å². The van der Waals surface area contributed by atoms with E-state index < -0.39 is 0 Å². The molecule has 1 N–H and O–H groups in total. The Balaban J connectivity index is 2.36. The molecule has 0 aliphatic rings. The van der Waals surface area contributed by atoms with Crippen molar-refractivity contribution in [1.29, 1.82) is 0 Å². The number of hydrogen-bond donors (Lipinski definition) is 1. The Kier molecular flexibility index (Phi) is 6.30. The summed E-state index contributed by atoms with van der Waals surface area (Å²) < 4.78 is 5.42. The standard InChI is InChI=1S/C12H22N4O2S/c1-8(2)9(3)13-10(17)7-19-12-15-14-11(18-12)6-16(4)5/h8-9H,6-7H2,1-5H3,(H,13,17)/t9-/m1/s1. The minimum atomic E-state index is -0.0152. The molecule has 0 unspecified atom stereocenters. The molecule has 0 spiro atoms. The van der Waals surface area contributed by atoms with Crippen LogP contribution in [0.3, 0.4) is 0 Å². The second kappa shape index (κ2) is 7.49. The molecule has 1 heterocycles. The van der Waals surface area contributed by atoms with Gasteiger partial charge in [0.1, 0.15) is 0 Å². The number of hydrogen-bond acceptors (Lipinski definition) is 6. The van der Waals surface area contributed by atoms with Gasteiger partial charge in [0.05, 0.1) is 12.3 Å². The summed E-state index contributed by atoms with van der Waals surface area (Å²) in [6, 6.07) is 0.167. The lowest BCUT2D eigenvalue weighted by Crippen LogP contribution is -2.37. The number of aromatic nitrogens is 2. The van der Waals surface area contributed by atoms with Gasteiger partial charge in [-0.2, -0.15) is 0 Å². The van der Waals surface area contributed by atoms with Gasteiger partial charge < -0.3 is 14.6 Å². The van der Waals surface area contributed by atoms with Crippen LogP contribution in [0.15, 0.2) is 9.64 Å². The van der Waals surface area contributed by atoms with Gasteiger partial charge in [0.15, 0.2) is 0 Å². The highest BCUT2D eigenvalue weighted by atomic mass is 32.2. The second-order valence-corrected chi connectivity index (χ2v) is 6.01. The van der Waals surface area contributed by atoms with Gasteiger partial charge in [-0.05, 0) is 26.9 Å². The lowest BCUT2D eigenvalue weighted by atomic mass is 10.1. The molecule has 1 amide bonds. The average molecular weight is 286 g/mol. The highest BCUT2D eigenvalue weighted by Crippen LogP contribution is 2.16. The van der Waals surface area contributed by atoms with Crippen LogP contribution in [0, 0.1) is 5.92 Å². The maximum Gasteiger partial charge on any atom is 0.277 e. The quantitative estimate of drug-likeness (QED) is 0.764. The summed E-state index contributed by atoms with van der Waals surface area (Å²) in [4.78, 5) is 13.6. The van der Waals surface area contributed by atoms with Crippen molar-refractivity contribution in [3.8, 4) is 0 Å². The lowest BCUT2D eigenvalue weighted by molar-refractivity contribution is -0.119. The molecular weight excluding hydrogens is 264 g/mol. The first-order valence-corrected chi connectivity index (χ1v) is 7.26. The van der Waals surface area contributed by atoms with Crippen LogP contribution in [0.25, 0.3) is 0 Å². The van der Waals surface area contributed by atoms with Gasteiger partial charge in [-0.15, -0.1) is 10.2 Å². The molecule has 1 aromatic heterocycles. The molecular formula is C12H22N4O2S. The maximum atomic E-state index is 11.7. The minimum Gasteiger partial charge on any atom is -0.415 e. The third kappa shape index (κ3) is 6.07. The van der Waals surface area contributed by atoms with E-state index in [1.165, 1.54) is 11.8 Å². The normalized spacial score (nSPS) is 13.0. The number of rotatable bonds is 7. The Hall–Kier alpha value is -1.08. The topological polar surface area (TPSA) is 71.3 Å². The van der Waals surface area contributed by atoms with E-state index in [4.69, 9.17) is 4.42 Å². The van der Waals surface area contributed by atoms with Gasteiger partial charge in [-0.1, -0.05) is 25.6 Å². The van der Waals surface area contributed by atoms with E-state index in [1.807, 2.05) is 25.9 Å². The summed E-state index contributed by atoms with van der Waals surface area (Å²) >= 11 is 1.26. The Bertz CT molecular complexity index is 406. The van der Waals surface area contributed by atoms with Crippen LogP contribution >= 0.6 is 11.8 Å². The van der Waals surface area contributed by atoms with E-state index in [9.17, 15) is 4.79 Å². The molecule has 0 saturated heterocycles. The molecule has 6 nitrogen and oxygen atoms in total. The first-order chi connectivity index (χ1) is 8.88. The molecule has 108 valence electrons. The van der Waals surface area contributed by atoms with Gasteiger partial charge in [0.2, 0.25) is 11.8 Å². The molecule has 1 atom stereocenters. The Labute approximate surface area is 118 Å². The van der Waals surface area contributed by atoms with Crippen LogP contribution in [0.4, 0.5) is 0 Å². The SMILES string of the molecule is CC(C)[C@@H](C)NC(=O)CSc1nnc(CN(C)C)o1. The summed E-state index contributed by atoms with van der Waals surface area (Å²) in [5.74, 6) is 1.26. The van der Waals surface area contributed by atoms with Gasteiger partial charge in [-0.3, -0.25) is 4.79 Å². The summed E-state index contributed by atoms with van der Waals surface area (Å²) in [6.45, 7) is 6.74. The van der Waals surface area contributed by atoms with E-state index in [0.717, 1.165) is 0 Å². The molecule has 0 aromatic carbocycles. The Morgan fingerprint density at radius 2 is 2.05 bits per heavy atom. The van der Waals surface area contributed by atoms with Crippen molar-refractivity contribution in [2.24, 2.45) is 5.92 Å². The maximum absolute atomic E-state index is 11.7. The Morgan fingerprint density at radius 3 is 2.63 bits per heavy atom. The van der Waals surface area contributed by atoms with Crippen molar-refractivity contribution in [1.82, 2.24) is 20.4 Å². The fourth-order valence-electron chi connectivity index (χ4n) is 1.22. The molecule has 19 heavy (non-hydrogen) atoms. The number of carbonyl (C=O) groups excluding carboxylic acids is 1. The largest absolute Gasteiger partial charge is 0.415 e. The van der Waals surface area contributed by atoms with Crippen molar-refractivity contribution >= 4 is 17.7 Å². The van der Waals surface area contributed by atoms with Crippen LogP contribution in [0.5, 0.6) is 0 Å². The van der Waals surface area contributed by atoms with Gasteiger partial charge in [0.25, 0.3) is 5.22 Å². The number of carbonyl (C=O) groups is 1. The molecule has 0 radical (unpaired) electrons. The average Bonchev–Trinajstić information content (AvgIpc) is 2.73. The van der Waals surface area contributed by atoms with Crippen LogP contribution in [-0.2, 0) is 11.3 Å². The van der Waals surface area contributed by atoms with E-state index in [-0.39, 0.29) is 11.9 Å². The molecule has 1 aromatic rings. The number of thioether (sulfide) groups is 1. The molecule has 0 bridgehead atoms. The lowest BCUT2D eigenvalue weighted by Gasteiger charge is -2.16. The van der Waals surface area contributed by atoms with Crippen LogP contribution in [0.1, 0.15) is 26.7 Å². The predicted octanol–water partition coefficient (Wildman–Crippen LogP) is 1.38. The van der Waals surface area contributed by atoms with Crippen molar-refractivity contribution in [3.05, 3.63) is 5.89 Å². The summed E-state index contributed by atoms with van der Waals surface area (Å²) in [5, 5.41) is 11.2. The first kappa shape index (κ1) is 16.0. The van der Waals surface area contributed by atoms with Crippen LogP contribution in [-0.4, -0.2) is 46.9 Å². The van der Waals surface area contributed by atoms with E-state index in [2.05, 4.69) is 29.4 Å². The molecule has 0 aliphatic heterocycles. The third-order valence-electron chi connectivity index (χ3n) is 2.62. The van der Waals surface area contributed by atoms with Crippen molar-refractivity contribution in [2.75, 3.05) is 19.8 Å². The zero-order valence-corrected chi connectivity index (χ0v) is 13.0. The fraction of sp³-hybridized carbons (Fsp3) is 0.750.